The highest BCUT2D eigenvalue weighted by atomic mass is 32.2. The van der Waals surface area contributed by atoms with Crippen molar-refractivity contribution in [1.29, 1.82) is 0 Å². The molecule has 0 aliphatic carbocycles. The number of hydrogen-bond acceptors (Lipinski definition) is 7. The van der Waals surface area contributed by atoms with E-state index in [0.717, 1.165) is 0 Å². The zero-order valence-corrected chi connectivity index (χ0v) is 21.7. The molecular weight excluding hydrogens is 474 g/mol. The molecule has 1 fully saturated rings. The molecular formula is C22H41N7O5S. The van der Waals surface area contributed by atoms with Crippen molar-refractivity contribution in [3.8, 4) is 0 Å². The lowest BCUT2D eigenvalue weighted by Crippen LogP contribution is -2.57. The van der Waals surface area contributed by atoms with Crippen LogP contribution in [-0.2, 0) is 19.2 Å². The fourth-order valence-electron chi connectivity index (χ4n) is 3.88. The van der Waals surface area contributed by atoms with Crippen LogP contribution in [0.4, 0.5) is 0 Å². The first-order valence-electron chi connectivity index (χ1n) is 11.9. The molecule has 0 aromatic carbocycles. The van der Waals surface area contributed by atoms with Gasteiger partial charge in [0.15, 0.2) is 5.96 Å². The van der Waals surface area contributed by atoms with Gasteiger partial charge in [-0.3, -0.25) is 19.4 Å². The van der Waals surface area contributed by atoms with E-state index in [1.54, 1.807) is 11.8 Å². The number of carbonyl (C=O) groups is 4. The Morgan fingerprint density at radius 3 is 2.34 bits per heavy atom. The van der Waals surface area contributed by atoms with Gasteiger partial charge in [-0.2, -0.15) is 11.8 Å². The van der Waals surface area contributed by atoms with E-state index in [0.29, 0.717) is 44.4 Å². The minimum atomic E-state index is -1.08. The van der Waals surface area contributed by atoms with Gasteiger partial charge in [-0.1, -0.05) is 13.8 Å². The number of amides is 3. The standard InChI is InChI=1S/C22H41N7O5S/c1-13(2)12-16(28-18(30)14(23)8-11-35-3)19(31)27-15(6-4-9-26-22(24)25)20(32)29-10-5-7-17(29)21(33)34/h13-17H,4-12,23H2,1-3H3,(H,27,31)(H,28,30)(H,33,34)(H4,24,25,26). The molecule has 1 aliphatic heterocycles. The van der Waals surface area contributed by atoms with Gasteiger partial charge >= 0.3 is 5.97 Å². The quantitative estimate of drug-likeness (QED) is 0.0916. The Labute approximate surface area is 211 Å². The number of thioether (sulfide) groups is 1. The van der Waals surface area contributed by atoms with Gasteiger partial charge in [0.05, 0.1) is 6.04 Å². The van der Waals surface area contributed by atoms with E-state index in [2.05, 4.69) is 15.6 Å². The number of rotatable bonds is 15. The van der Waals surface area contributed by atoms with Crippen LogP contribution >= 0.6 is 11.8 Å². The maximum absolute atomic E-state index is 13.3. The molecule has 1 saturated heterocycles. The molecule has 0 spiro atoms. The molecule has 35 heavy (non-hydrogen) atoms. The summed E-state index contributed by atoms with van der Waals surface area (Å²) in [6, 6.07) is -3.54. The SMILES string of the molecule is CSCCC(N)C(=O)NC(CC(C)C)C(=O)NC(CCCN=C(N)N)C(=O)N1CCCC1C(=O)O. The molecule has 200 valence electrons. The van der Waals surface area contributed by atoms with Crippen LogP contribution in [-0.4, -0.2) is 88.9 Å². The number of likely N-dealkylation sites (tertiary alicyclic amines) is 1. The minimum absolute atomic E-state index is 0.0828. The molecule has 1 heterocycles. The average Bonchev–Trinajstić information content (AvgIpc) is 3.28. The summed E-state index contributed by atoms with van der Waals surface area (Å²) < 4.78 is 0. The minimum Gasteiger partial charge on any atom is -0.480 e. The van der Waals surface area contributed by atoms with E-state index < -0.39 is 47.9 Å². The van der Waals surface area contributed by atoms with Gasteiger partial charge in [-0.15, -0.1) is 0 Å². The molecule has 12 nitrogen and oxygen atoms in total. The third-order valence-corrected chi connectivity index (χ3v) is 6.33. The Morgan fingerprint density at radius 2 is 1.77 bits per heavy atom. The van der Waals surface area contributed by atoms with Crippen molar-refractivity contribution in [2.75, 3.05) is 25.1 Å². The highest BCUT2D eigenvalue weighted by molar-refractivity contribution is 7.98. The van der Waals surface area contributed by atoms with E-state index in [9.17, 15) is 24.3 Å². The van der Waals surface area contributed by atoms with Crippen molar-refractivity contribution in [2.45, 2.75) is 76.5 Å². The van der Waals surface area contributed by atoms with Crippen LogP contribution in [0.15, 0.2) is 4.99 Å². The maximum atomic E-state index is 13.3. The second-order valence-corrected chi connectivity index (χ2v) is 10.1. The Kier molecular flexibility index (Phi) is 13.5. The Hall–Kier alpha value is -2.54. The molecule has 13 heteroatoms. The number of aliphatic carboxylic acids is 1. The summed E-state index contributed by atoms with van der Waals surface area (Å²) in [5.74, 6) is -1.79. The predicted molar refractivity (Wildman–Crippen MR) is 137 cm³/mol. The fourth-order valence-corrected chi connectivity index (χ4v) is 4.37. The average molecular weight is 516 g/mol. The molecule has 0 bridgehead atoms. The number of nitrogens with one attached hydrogen (secondary N) is 2. The molecule has 0 aromatic rings. The molecule has 0 aromatic heterocycles. The number of guanidine groups is 1. The Bertz CT molecular complexity index is 760. The second-order valence-electron chi connectivity index (χ2n) is 9.12. The molecule has 4 unspecified atom stereocenters. The topological polar surface area (TPSA) is 206 Å². The molecule has 1 aliphatic rings. The molecule has 4 atom stereocenters. The van der Waals surface area contributed by atoms with Crippen molar-refractivity contribution in [3.63, 3.8) is 0 Å². The number of carboxylic acid groups (broad SMARTS) is 1. The van der Waals surface area contributed by atoms with Gasteiger partial charge in [0.25, 0.3) is 0 Å². The largest absolute Gasteiger partial charge is 0.480 e. The lowest BCUT2D eigenvalue weighted by molar-refractivity contribution is -0.149. The Balaban J connectivity index is 3.01. The van der Waals surface area contributed by atoms with Crippen LogP contribution in [0, 0.1) is 5.92 Å². The van der Waals surface area contributed by atoms with Gasteiger partial charge < -0.3 is 37.8 Å². The lowest BCUT2D eigenvalue weighted by Gasteiger charge is -2.29. The first-order chi connectivity index (χ1) is 16.5. The smallest absolute Gasteiger partial charge is 0.326 e. The molecule has 3 amide bonds. The third kappa shape index (κ3) is 10.7. The summed E-state index contributed by atoms with van der Waals surface area (Å²) >= 11 is 1.57. The lowest BCUT2D eigenvalue weighted by atomic mass is 10.0. The summed E-state index contributed by atoms with van der Waals surface area (Å²) in [5, 5.41) is 14.9. The number of hydrogen-bond donors (Lipinski definition) is 6. The molecule has 9 N–H and O–H groups in total. The second kappa shape index (κ2) is 15.5. The number of nitrogens with two attached hydrogens (primary N) is 3. The van der Waals surface area contributed by atoms with E-state index in [1.807, 2.05) is 20.1 Å². The van der Waals surface area contributed by atoms with E-state index >= 15 is 0 Å². The van der Waals surface area contributed by atoms with Crippen LogP contribution in [0.3, 0.4) is 0 Å². The molecule has 0 radical (unpaired) electrons. The normalized spacial score (nSPS) is 18.0. The van der Waals surface area contributed by atoms with E-state index in [1.165, 1.54) is 4.90 Å². The van der Waals surface area contributed by atoms with Crippen LogP contribution in [0.1, 0.15) is 52.4 Å². The zero-order valence-electron chi connectivity index (χ0n) is 20.9. The summed E-state index contributed by atoms with van der Waals surface area (Å²) in [5.41, 5.74) is 16.7. The maximum Gasteiger partial charge on any atom is 0.326 e. The van der Waals surface area contributed by atoms with Crippen LogP contribution in [0.2, 0.25) is 0 Å². The summed E-state index contributed by atoms with van der Waals surface area (Å²) in [4.78, 5) is 55.8. The Morgan fingerprint density at radius 1 is 1.11 bits per heavy atom. The van der Waals surface area contributed by atoms with Crippen molar-refractivity contribution in [1.82, 2.24) is 15.5 Å². The number of carboxylic acids is 1. The predicted octanol–water partition coefficient (Wildman–Crippen LogP) is -0.788. The van der Waals surface area contributed by atoms with Gasteiger partial charge in [0.1, 0.15) is 18.1 Å². The number of carbonyl (C=O) groups excluding carboxylic acids is 3. The number of aliphatic imine (C=N–C) groups is 1. The van der Waals surface area contributed by atoms with Crippen LogP contribution in [0.5, 0.6) is 0 Å². The van der Waals surface area contributed by atoms with Crippen LogP contribution < -0.4 is 27.8 Å². The van der Waals surface area contributed by atoms with Crippen molar-refractivity contribution >= 4 is 41.4 Å². The van der Waals surface area contributed by atoms with E-state index in [4.69, 9.17) is 17.2 Å². The van der Waals surface area contributed by atoms with E-state index in [-0.39, 0.29) is 24.8 Å². The molecule has 1 rings (SSSR count). The van der Waals surface area contributed by atoms with Crippen molar-refractivity contribution in [2.24, 2.45) is 28.1 Å². The monoisotopic (exact) mass is 515 g/mol. The van der Waals surface area contributed by atoms with Gasteiger partial charge in [0.2, 0.25) is 17.7 Å². The van der Waals surface area contributed by atoms with Gasteiger partial charge in [0, 0.05) is 13.1 Å². The highest BCUT2D eigenvalue weighted by Crippen LogP contribution is 2.20. The van der Waals surface area contributed by atoms with Gasteiger partial charge in [-0.05, 0) is 56.5 Å². The molecule has 0 saturated carbocycles. The summed E-state index contributed by atoms with van der Waals surface area (Å²) in [6.45, 7) is 4.38. The van der Waals surface area contributed by atoms with Gasteiger partial charge in [-0.25, -0.2) is 4.79 Å². The number of nitrogens with zero attached hydrogens (tertiary/aromatic N) is 2. The highest BCUT2D eigenvalue weighted by Gasteiger charge is 2.38. The third-order valence-electron chi connectivity index (χ3n) is 5.69. The first-order valence-corrected chi connectivity index (χ1v) is 13.3. The van der Waals surface area contributed by atoms with Crippen molar-refractivity contribution in [3.05, 3.63) is 0 Å². The summed E-state index contributed by atoms with van der Waals surface area (Å²) in [6.07, 6.45) is 4.26. The summed E-state index contributed by atoms with van der Waals surface area (Å²) in [7, 11) is 0. The van der Waals surface area contributed by atoms with Crippen LogP contribution in [0.25, 0.3) is 0 Å². The fraction of sp³-hybridized carbons (Fsp3) is 0.773. The zero-order chi connectivity index (χ0) is 26.5. The first kappa shape index (κ1) is 30.5. The van der Waals surface area contributed by atoms with Crippen molar-refractivity contribution < 1.29 is 24.3 Å².